The molecule has 1 saturated carbocycles. The molecule has 0 aromatic rings. The highest BCUT2D eigenvalue weighted by Gasteiger charge is 2.71. The molecule has 3 fully saturated rings. The number of carbonyl (C=O) groups is 3. The van der Waals surface area contributed by atoms with Crippen molar-refractivity contribution in [1.29, 1.82) is 0 Å². The van der Waals surface area contributed by atoms with Gasteiger partial charge in [-0.15, -0.1) is 6.58 Å². The molecule has 0 bridgehead atoms. The van der Waals surface area contributed by atoms with Gasteiger partial charge in [0.1, 0.15) is 18.3 Å². The van der Waals surface area contributed by atoms with E-state index in [1.165, 1.54) is 6.08 Å². The fourth-order valence-corrected chi connectivity index (χ4v) is 4.22. The van der Waals surface area contributed by atoms with Gasteiger partial charge >= 0.3 is 11.9 Å². The van der Waals surface area contributed by atoms with Crippen LogP contribution in [0.15, 0.2) is 24.8 Å². The summed E-state index contributed by atoms with van der Waals surface area (Å²) in [6.45, 7) is 12.8. The van der Waals surface area contributed by atoms with E-state index in [9.17, 15) is 19.5 Å². The molecule has 142 valence electrons. The second kappa shape index (κ2) is 6.03. The van der Waals surface area contributed by atoms with Crippen LogP contribution in [0.4, 0.5) is 0 Å². The Morgan fingerprint density at radius 1 is 1.46 bits per heavy atom. The Kier molecular flexibility index (Phi) is 4.36. The van der Waals surface area contributed by atoms with Crippen molar-refractivity contribution < 1.29 is 33.7 Å². The van der Waals surface area contributed by atoms with E-state index in [-0.39, 0.29) is 12.2 Å². The fraction of sp³-hybridized carbons (Fsp3) is 0.632. The lowest BCUT2D eigenvalue weighted by molar-refractivity contribution is -0.200. The minimum absolute atomic E-state index is 0.119. The average Bonchev–Trinajstić information content (AvgIpc) is 3.33. The number of carbonyl (C=O) groups excluding carboxylic acids is 3. The highest BCUT2D eigenvalue weighted by molar-refractivity contribution is 5.91. The second-order valence-corrected chi connectivity index (χ2v) is 7.83. The van der Waals surface area contributed by atoms with Gasteiger partial charge in [-0.05, 0) is 0 Å². The molecule has 0 radical (unpaired) electrons. The summed E-state index contributed by atoms with van der Waals surface area (Å²) < 4.78 is 16.5. The largest absolute Gasteiger partial charge is 0.461 e. The van der Waals surface area contributed by atoms with Crippen molar-refractivity contribution >= 4 is 18.2 Å². The lowest BCUT2D eigenvalue weighted by Crippen LogP contribution is -2.64. The van der Waals surface area contributed by atoms with Crippen molar-refractivity contribution in [3.63, 3.8) is 0 Å². The van der Waals surface area contributed by atoms with Gasteiger partial charge in [-0.3, -0.25) is 4.79 Å². The van der Waals surface area contributed by atoms with E-state index >= 15 is 0 Å². The molecule has 3 rings (SSSR count). The Hall–Kier alpha value is -1.99. The van der Waals surface area contributed by atoms with Crippen molar-refractivity contribution in [2.45, 2.75) is 44.7 Å². The van der Waals surface area contributed by atoms with Crippen molar-refractivity contribution in [2.24, 2.45) is 23.2 Å². The van der Waals surface area contributed by atoms with Crippen LogP contribution in [-0.2, 0) is 28.6 Å². The SMILES string of the molecule is C=CC1(C)C(O)C2OC(=O)C(=C)C2C(OC(=O)C(C)C)C1C1(C=O)CO1. The first-order valence-corrected chi connectivity index (χ1v) is 8.65. The number of fused-ring (bicyclic) bond motifs is 1. The van der Waals surface area contributed by atoms with Gasteiger partial charge in [0.2, 0.25) is 0 Å². The van der Waals surface area contributed by atoms with Crippen LogP contribution in [0.25, 0.3) is 0 Å². The van der Waals surface area contributed by atoms with Crippen LogP contribution in [0, 0.1) is 23.2 Å². The van der Waals surface area contributed by atoms with Crippen LogP contribution in [0.5, 0.6) is 0 Å². The zero-order chi connectivity index (χ0) is 19.4. The van der Waals surface area contributed by atoms with Gasteiger partial charge in [0.25, 0.3) is 0 Å². The first kappa shape index (κ1) is 18.8. The Bertz CT molecular complexity index is 677. The highest BCUT2D eigenvalue weighted by Crippen LogP contribution is 2.58. The third-order valence-electron chi connectivity index (χ3n) is 5.93. The summed E-state index contributed by atoms with van der Waals surface area (Å²) in [5, 5.41) is 11.0. The van der Waals surface area contributed by atoms with E-state index in [1.807, 2.05) is 0 Å². The number of hydrogen-bond donors (Lipinski definition) is 1. The maximum absolute atomic E-state index is 12.4. The predicted molar refractivity (Wildman–Crippen MR) is 89.8 cm³/mol. The zero-order valence-electron chi connectivity index (χ0n) is 15.1. The van der Waals surface area contributed by atoms with Crippen LogP contribution < -0.4 is 0 Å². The molecule has 26 heavy (non-hydrogen) atoms. The summed E-state index contributed by atoms with van der Waals surface area (Å²) in [4.78, 5) is 36.2. The molecule has 0 amide bonds. The minimum Gasteiger partial charge on any atom is -0.461 e. The normalized spacial score (nSPS) is 44.3. The smallest absolute Gasteiger partial charge is 0.334 e. The van der Waals surface area contributed by atoms with Crippen LogP contribution in [0.1, 0.15) is 20.8 Å². The molecule has 0 spiro atoms. The summed E-state index contributed by atoms with van der Waals surface area (Å²) >= 11 is 0. The lowest BCUT2D eigenvalue weighted by atomic mass is 9.55. The summed E-state index contributed by atoms with van der Waals surface area (Å²) in [5.41, 5.74) is -2.16. The second-order valence-electron chi connectivity index (χ2n) is 7.83. The molecular formula is C19H24O7. The quantitative estimate of drug-likeness (QED) is 0.253. The molecule has 7 heteroatoms. The van der Waals surface area contributed by atoms with E-state index in [0.717, 1.165) is 0 Å². The first-order valence-electron chi connectivity index (χ1n) is 8.65. The molecule has 2 aliphatic heterocycles. The van der Waals surface area contributed by atoms with Crippen molar-refractivity contribution in [1.82, 2.24) is 0 Å². The van der Waals surface area contributed by atoms with Gasteiger partial charge < -0.3 is 24.1 Å². The number of rotatable bonds is 5. The fourth-order valence-electron chi connectivity index (χ4n) is 4.22. The minimum atomic E-state index is -1.21. The van der Waals surface area contributed by atoms with E-state index in [0.29, 0.717) is 6.29 Å². The van der Waals surface area contributed by atoms with Crippen LogP contribution in [0.2, 0.25) is 0 Å². The van der Waals surface area contributed by atoms with Gasteiger partial charge in [-0.2, -0.15) is 0 Å². The van der Waals surface area contributed by atoms with Gasteiger partial charge in [0, 0.05) is 16.9 Å². The van der Waals surface area contributed by atoms with Gasteiger partial charge in [-0.1, -0.05) is 33.4 Å². The molecule has 2 saturated heterocycles. The Morgan fingerprint density at radius 2 is 2.08 bits per heavy atom. The standard InChI is InChI=1S/C19H24O7/c1-6-18(5)14(19(7-20)8-24-19)12(25-16(22)9(2)3)11-10(4)17(23)26-13(11)15(18)21/h6-7,9,11-15,21H,1,4,8H2,2-3,5H3. The number of ether oxygens (including phenoxy) is 3. The van der Waals surface area contributed by atoms with E-state index in [4.69, 9.17) is 14.2 Å². The van der Waals surface area contributed by atoms with Crippen molar-refractivity contribution in [3.8, 4) is 0 Å². The molecule has 3 aliphatic rings. The molecule has 2 heterocycles. The molecule has 1 N–H and O–H groups in total. The van der Waals surface area contributed by atoms with Crippen molar-refractivity contribution in [2.75, 3.05) is 6.61 Å². The van der Waals surface area contributed by atoms with Gasteiger partial charge in [-0.25, -0.2) is 4.79 Å². The summed E-state index contributed by atoms with van der Waals surface area (Å²) in [6, 6.07) is 0. The van der Waals surface area contributed by atoms with E-state index in [2.05, 4.69) is 13.2 Å². The molecule has 0 aromatic carbocycles. The number of aliphatic hydroxyl groups is 1. The molecule has 7 atom stereocenters. The third kappa shape index (κ3) is 2.45. The molecule has 7 unspecified atom stereocenters. The molecule has 0 aromatic heterocycles. The maximum Gasteiger partial charge on any atom is 0.334 e. The van der Waals surface area contributed by atoms with Gasteiger partial charge in [0.05, 0.1) is 18.4 Å². The summed E-state index contributed by atoms with van der Waals surface area (Å²) in [5.74, 6) is -3.01. The molecule has 7 nitrogen and oxygen atoms in total. The highest BCUT2D eigenvalue weighted by atomic mass is 16.6. The lowest BCUT2D eigenvalue weighted by Gasteiger charge is -2.52. The third-order valence-corrected chi connectivity index (χ3v) is 5.93. The monoisotopic (exact) mass is 364 g/mol. The Balaban J connectivity index is 2.13. The van der Waals surface area contributed by atoms with Crippen molar-refractivity contribution in [3.05, 3.63) is 24.8 Å². The number of aldehydes is 1. The number of epoxide rings is 1. The summed E-state index contributed by atoms with van der Waals surface area (Å²) in [7, 11) is 0. The average molecular weight is 364 g/mol. The first-order chi connectivity index (χ1) is 12.1. The zero-order valence-corrected chi connectivity index (χ0v) is 15.1. The van der Waals surface area contributed by atoms with Crippen LogP contribution in [0.3, 0.4) is 0 Å². The number of aliphatic hydroxyl groups excluding tert-OH is 1. The van der Waals surface area contributed by atoms with Crippen LogP contribution >= 0.6 is 0 Å². The van der Waals surface area contributed by atoms with E-state index < -0.39 is 59.0 Å². The van der Waals surface area contributed by atoms with Crippen LogP contribution in [-0.4, -0.2) is 53.9 Å². The van der Waals surface area contributed by atoms with Gasteiger partial charge in [0.15, 0.2) is 11.9 Å². The maximum atomic E-state index is 12.4. The number of esters is 2. The Labute approximate surface area is 152 Å². The number of hydrogen-bond acceptors (Lipinski definition) is 7. The predicted octanol–water partition coefficient (Wildman–Crippen LogP) is 0.803. The molecular weight excluding hydrogens is 340 g/mol. The molecule has 1 aliphatic carbocycles. The Morgan fingerprint density at radius 3 is 2.54 bits per heavy atom. The van der Waals surface area contributed by atoms with E-state index in [1.54, 1.807) is 20.8 Å². The topological polar surface area (TPSA) is 102 Å². The summed E-state index contributed by atoms with van der Waals surface area (Å²) in [6.07, 6.45) is -0.803.